The normalized spacial score (nSPS) is 17.0. The fourth-order valence-corrected chi connectivity index (χ4v) is 10.1. The molecule has 4 aromatic heterocycles. The van der Waals surface area contributed by atoms with Crippen LogP contribution >= 0.6 is 0 Å². The van der Waals surface area contributed by atoms with Crippen LogP contribution in [0.3, 0.4) is 0 Å². The molecule has 4 heteroatoms. The lowest BCUT2D eigenvalue weighted by Crippen LogP contribution is -2.52. The molecule has 12 rings (SSSR count). The molecule has 0 fully saturated rings. The van der Waals surface area contributed by atoms with Gasteiger partial charge in [0.05, 0.1) is 27.7 Å². The lowest BCUT2D eigenvalue weighted by atomic mass is 9.76. The summed E-state index contributed by atoms with van der Waals surface area (Å²) >= 11 is 0. The van der Waals surface area contributed by atoms with Crippen molar-refractivity contribution < 1.29 is 9.13 Å². The van der Waals surface area contributed by atoms with Crippen LogP contribution in [-0.2, 0) is 0 Å². The van der Waals surface area contributed by atoms with E-state index >= 15 is 0 Å². The van der Waals surface area contributed by atoms with Crippen molar-refractivity contribution in [1.82, 2.24) is 9.13 Å². The van der Waals surface area contributed by atoms with E-state index in [-0.39, 0.29) is 18.0 Å². The highest BCUT2D eigenvalue weighted by atomic mass is 15.1. The Balaban J connectivity index is 1.19. The second-order valence-corrected chi connectivity index (χ2v) is 15.0. The Morgan fingerprint density at radius 3 is 1.78 bits per heavy atom. The topological polar surface area (TPSA) is 17.6 Å². The minimum Gasteiger partial charge on any atom is -0.309 e. The molecule has 3 unspecified atom stereocenters. The largest absolute Gasteiger partial charge is 0.309 e. The van der Waals surface area contributed by atoms with Crippen molar-refractivity contribution in [2.24, 2.45) is 0 Å². The average Bonchev–Trinajstić information content (AvgIpc) is 3.86. The summed E-state index contributed by atoms with van der Waals surface area (Å²) in [6, 6.07) is 62.5. The summed E-state index contributed by atoms with van der Waals surface area (Å²) in [6.07, 6.45) is 6.83. The standard InChI is InChI=1S/C51H36N4/c1-2-43-50(38-24-11-9-21-35(38)44-26-15-16-28-52(43)44)51-39-25-12-10-22-36(39)46-30-42-41-29-40-37-23-13-14-27-45(37)54(33-17-5-3-6-18-33)47(40)31-48(41)55(49(42)32-53(46)51)34-19-7-4-8-20-34/h2-32,43,50-51H,1H2/q+2. The minimum absolute atomic E-state index is 0.0493. The quantitative estimate of drug-likeness (QED) is 0.128. The number of rotatable bonds is 4. The summed E-state index contributed by atoms with van der Waals surface area (Å²) in [7, 11) is 0. The molecule has 0 N–H and O–H groups in total. The number of fused-ring (bicyclic) bond motifs is 12. The molecule has 0 saturated carbocycles. The first-order chi connectivity index (χ1) is 27.3. The Bertz CT molecular complexity index is 3190. The van der Waals surface area contributed by atoms with Gasteiger partial charge in [-0.05, 0) is 72.3 Å². The first-order valence-corrected chi connectivity index (χ1v) is 19.2. The van der Waals surface area contributed by atoms with Gasteiger partial charge < -0.3 is 9.13 Å². The minimum atomic E-state index is 0.0493. The summed E-state index contributed by atoms with van der Waals surface area (Å²) in [6.45, 7) is 4.46. The zero-order valence-electron chi connectivity index (χ0n) is 30.1. The van der Waals surface area contributed by atoms with Crippen LogP contribution in [0.2, 0.25) is 0 Å². The maximum absolute atomic E-state index is 4.46. The third-order valence-corrected chi connectivity index (χ3v) is 12.3. The number of pyridine rings is 2. The van der Waals surface area contributed by atoms with Crippen LogP contribution in [0, 0.1) is 0 Å². The van der Waals surface area contributed by atoms with Gasteiger partial charge in [0.1, 0.15) is 11.4 Å². The number of hydrogen-bond donors (Lipinski definition) is 0. The first kappa shape index (κ1) is 30.4. The second kappa shape index (κ2) is 11.5. The molecular weight excluding hydrogens is 669 g/mol. The predicted molar refractivity (Wildman–Crippen MR) is 223 cm³/mol. The molecule has 2 aliphatic heterocycles. The van der Waals surface area contributed by atoms with E-state index in [4.69, 9.17) is 0 Å². The van der Waals surface area contributed by atoms with E-state index in [2.05, 4.69) is 213 Å². The molecule has 3 atom stereocenters. The summed E-state index contributed by atoms with van der Waals surface area (Å²) in [4.78, 5) is 0. The van der Waals surface area contributed by atoms with Crippen molar-refractivity contribution in [2.45, 2.75) is 18.0 Å². The van der Waals surface area contributed by atoms with Gasteiger partial charge in [0.15, 0.2) is 24.5 Å². The maximum Gasteiger partial charge on any atom is 0.214 e. The highest BCUT2D eigenvalue weighted by Crippen LogP contribution is 2.50. The Morgan fingerprint density at radius 2 is 1.04 bits per heavy atom. The SMILES string of the molecule is C=CC1C(C2c3ccccc3-c3cc4c5cc6c7ccccc7n(-c7ccccc7)c6cc5n(-c5ccccc5)c4c[n+]32)c2ccccc2-c2cccc[n+]21. The van der Waals surface area contributed by atoms with Crippen molar-refractivity contribution in [3.63, 3.8) is 0 Å². The molecule has 0 saturated heterocycles. The van der Waals surface area contributed by atoms with Crippen LogP contribution in [0.5, 0.6) is 0 Å². The molecule has 6 aromatic carbocycles. The van der Waals surface area contributed by atoms with Crippen molar-refractivity contribution in [2.75, 3.05) is 0 Å². The van der Waals surface area contributed by atoms with Gasteiger partial charge in [0, 0.05) is 56.7 Å². The third-order valence-electron chi connectivity index (χ3n) is 12.3. The van der Waals surface area contributed by atoms with Gasteiger partial charge in [0.25, 0.3) is 0 Å². The van der Waals surface area contributed by atoms with E-state index in [1.807, 2.05) is 0 Å². The van der Waals surface area contributed by atoms with Crippen LogP contribution in [0.4, 0.5) is 0 Å². The van der Waals surface area contributed by atoms with Gasteiger partial charge >= 0.3 is 0 Å². The molecule has 258 valence electrons. The summed E-state index contributed by atoms with van der Waals surface area (Å²) in [5.41, 5.74) is 14.9. The molecule has 0 amide bonds. The average molecular weight is 705 g/mol. The summed E-state index contributed by atoms with van der Waals surface area (Å²) in [5, 5.41) is 5.02. The van der Waals surface area contributed by atoms with Crippen LogP contribution < -0.4 is 9.13 Å². The van der Waals surface area contributed by atoms with E-state index in [1.165, 1.54) is 77.3 Å². The molecule has 10 aromatic rings. The molecule has 2 aliphatic rings. The number of nitrogens with zero attached hydrogens (tertiary/aromatic N) is 4. The van der Waals surface area contributed by atoms with E-state index in [1.54, 1.807) is 0 Å². The highest BCUT2D eigenvalue weighted by molar-refractivity contribution is 6.19. The van der Waals surface area contributed by atoms with Gasteiger partial charge in [-0.3, -0.25) is 0 Å². The molecular formula is C51H36N4+2. The fourth-order valence-electron chi connectivity index (χ4n) is 10.1. The highest BCUT2D eigenvalue weighted by Gasteiger charge is 2.51. The Kier molecular flexibility index (Phi) is 6.35. The van der Waals surface area contributed by atoms with Crippen molar-refractivity contribution in [3.8, 4) is 33.9 Å². The smallest absolute Gasteiger partial charge is 0.214 e. The fraction of sp³-hybridized carbons (Fsp3) is 0.0588. The van der Waals surface area contributed by atoms with Crippen LogP contribution in [0.25, 0.3) is 77.5 Å². The first-order valence-electron chi connectivity index (χ1n) is 19.2. The predicted octanol–water partition coefficient (Wildman–Crippen LogP) is 11.2. The Labute approximate surface area is 318 Å². The van der Waals surface area contributed by atoms with E-state index in [9.17, 15) is 0 Å². The second-order valence-electron chi connectivity index (χ2n) is 15.0. The molecule has 0 radical (unpaired) electrons. The van der Waals surface area contributed by atoms with Gasteiger partial charge in [-0.1, -0.05) is 97.6 Å². The molecule has 4 nitrogen and oxygen atoms in total. The lowest BCUT2D eigenvalue weighted by molar-refractivity contribution is -0.738. The molecule has 0 bridgehead atoms. The van der Waals surface area contributed by atoms with E-state index in [0.717, 1.165) is 11.4 Å². The molecule has 0 aliphatic carbocycles. The Hall–Kier alpha value is -7.04. The number of hydrogen-bond acceptors (Lipinski definition) is 0. The number of benzene rings is 6. The number of allylic oxidation sites excluding steroid dienone is 1. The lowest BCUT2D eigenvalue weighted by Gasteiger charge is -2.30. The van der Waals surface area contributed by atoms with Crippen molar-refractivity contribution in [1.29, 1.82) is 0 Å². The summed E-state index contributed by atoms with van der Waals surface area (Å²) < 4.78 is 9.91. The van der Waals surface area contributed by atoms with Gasteiger partial charge in [0.2, 0.25) is 11.4 Å². The molecule has 6 heterocycles. The number of aromatic nitrogens is 4. The van der Waals surface area contributed by atoms with Gasteiger partial charge in [-0.25, -0.2) is 0 Å². The Morgan fingerprint density at radius 1 is 0.455 bits per heavy atom. The van der Waals surface area contributed by atoms with E-state index in [0.29, 0.717) is 0 Å². The molecule has 55 heavy (non-hydrogen) atoms. The summed E-state index contributed by atoms with van der Waals surface area (Å²) in [5.74, 6) is 0.118. The van der Waals surface area contributed by atoms with Gasteiger partial charge in [-0.15, -0.1) is 0 Å². The monoisotopic (exact) mass is 704 g/mol. The zero-order chi connectivity index (χ0) is 36.2. The maximum atomic E-state index is 4.46. The number of para-hydroxylation sites is 3. The van der Waals surface area contributed by atoms with Crippen molar-refractivity contribution >= 4 is 43.6 Å². The van der Waals surface area contributed by atoms with Crippen molar-refractivity contribution in [3.05, 3.63) is 206 Å². The van der Waals surface area contributed by atoms with Crippen LogP contribution in [0.1, 0.15) is 29.1 Å². The van der Waals surface area contributed by atoms with Crippen LogP contribution in [0.15, 0.2) is 195 Å². The van der Waals surface area contributed by atoms with Gasteiger partial charge in [-0.2, -0.15) is 9.13 Å². The van der Waals surface area contributed by atoms with Crippen LogP contribution in [-0.4, -0.2) is 9.13 Å². The zero-order valence-corrected chi connectivity index (χ0v) is 30.1. The third kappa shape index (κ3) is 4.17. The molecule has 0 spiro atoms. The van der Waals surface area contributed by atoms with E-state index < -0.39 is 0 Å².